The number of aromatic nitrogens is 3. The first kappa shape index (κ1) is 10.8. The van der Waals surface area contributed by atoms with Crippen molar-refractivity contribution in [3.05, 3.63) is 77.9 Å². The monoisotopic (exact) mass is 241 g/mol. The van der Waals surface area contributed by atoms with E-state index in [1.165, 1.54) is 12.3 Å². The fourth-order valence-electron chi connectivity index (χ4n) is 2.09. The molecule has 18 heavy (non-hydrogen) atoms. The SMILES string of the molecule is Fc1ccc(C(c2ccc[nH]2)c2ccc[nH]2)nc1. The van der Waals surface area contributed by atoms with Crippen LogP contribution < -0.4 is 0 Å². The number of pyridine rings is 1. The van der Waals surface area contributed by atoms with Gasteiger partial charge in [-0.3, -0.25) is 4.98 Å². The van der Waals surface area contributed by atoms with Crippen molar-refractivity contribution in [3.8, 4) is 0 Å². The molecule has 3 heterocycles. The highest BCUT2D eigenvalue weighted by Crippen LogP contribution is 2.28. The van der Waals surface area contributed by atoms with E-state index in [2.05, 4.69) is 15.0 Å². The van der Waals surface area contributed by atoms with E-state index < -0.39 is 0 Å². The van der Waals surface area contributed by atoms with E-state index in [-0.39, 0.29) is 11.7 Å². The molecule has 0 saturated heterocycles. The summed E-state index contributed by atoms with van der Waals surface area (Å²) in [4.78, 5) is 10.5. The molecular formula is C14H12FN3. The van der Waals surface area contributed by atoms with Crippen LogP contribution in [-0.4, -0.2) is 15.0 Å². The Hall–Kier alpha value is -2.36. The molecule has 0 aliphatic rings. The number of rotatable bonds is 3. The van der Waals surface area contributed by atoms with E-state index in [0.717, 1.165) is 17.1 Å². The molecule has 3 rings (SSSR count). The van der Waals surface area contributed by atoms with Crippen LogP contribution in [0.2, 0.25) is 0 Å². The minimum Gasteiger partial charge on any atom is -0.364 e. The number of halogens is 1. The minimum atomic E-state index is -0.324. The Morgan fingerprint density at radius 2 is 1.61 bits per heavy atom. The molecule has 0 spiro atoms. The molecule has 0 aromatic carbocycles. The lowest BCUT2D eigenvalue weighted by Gasteiger charge is -2.14. The number of H-pyrrole nitrogens is 2. The molecule has 3 nitrogen and oxygen atoms in total. The van der Waals surface area contributed by atoms with Crippen LogP contribution in [-0.2, 0) is 0 Å². The molecule has 3 aromatic heterocycles. The summed E-state index contributed by atoms with van der Waals surface area (Å²) in [6.45, 7) is 0. The van der Waals surface area contributed by atoms with Gasteiger partial charge in [0.1, 0.15) is 5.82 Å². The third kappa shape index (κ3) is 1.93. The van der Waals surface area contributed by atoms with Crippen LogP contribution >= 0.6 is 0 Å². The second-order valence-corrected chi connectivity index (χ2v) is 4.09. The summed E-state index contributed by atoms with van der Waals surface area (Å²) < 4.78 is 13.0. The zero-order valence-electron chi connectivity index (χ0n) is 9.60. The van der Waals surface area contributed by atoms with Crippen LogP contribution in [0.1, 0.15) is 23.0 Å². The number of aromatic amines is 2. The Morgan fingerprint density at radius 3 is 2.06 bits per heavy atom. The molecule has 0 atom stereocenters. The first-order valence-electron chi connectivity index (χ1n) is 5.72. The lowest BCUT2D eigenvalue weighted by molar-refractivity contribution is 0.618. The maximum atomic E-state index is 13.0. The van der Waals surface area contributed by atoms with E-state index in [9.17, 15) is 4.39 Å². The maximum Gasteiger partial charge on any atom is 0.141 e. The van der Waals surface area contributed by atoms with Gasteiger partial charge in [-0.05, 0) is 36.4 Å². The standard InChI is InChI=1S/C14H12FN3/c15-10-5-6-13(18-9-10)14(11-3-1-7-16-11)12-4-2-8-17-12/h1-9,14,16-17H. The number of hydrogen-bond acceptors (Lipinski definition) is 1. The van der Waals surface area contributed by atoms with Gasteiger partial charge in [0.25, 0.3) is 0 Å². The lowest BCUT2D eigenvalue weighted by atomic mass is 9.97. The summed E-state index contributed by atoms with van der Waals surface area (Å²) in [6, 6.07) is 11.0. The molecule has 0 aliphatic heterocycles. The van der Waals surface area contributed by atoms with Gasteiger partial charge in [-0.1, -0.05) is 0 Å². The van der Waals surface area contributed by atoms with Crippen molar-refractivity contribution < 1.29 is 4.39 Å². The fourth-order valence-corrected chi connectivity index (χ4v) is 2.09. The van der Waals surface area contributed by atoms with Crippen molar-refractivity contribution in [2.45, 2.75) is 5.92 Å². The van der Waals surface area contributed by atoms with E-state index in [0.29, 0.717) is 0 Å². The first-order chi connectivity index (χ1) is 8.84. The van der Waals surface area contributed by atoms with Crippen molar-refractivity contribution in [1.29, 1.82) is 0 Å². The molecule has 0 saturated carbocycles. The molecule has 0 aliphatic carbocycles. The molecule has 0 radical (unpaired) electrons. The summed E-state index contributed by atoms with van der Waals surface area (Å²) in [7, 11) is 0. The largest absolute Gasteiger partial charge is 0.364 e. The second-order valence-electron chi connectivity index (χ2n) is 4.09. The smallest absolute Gasteiger partial charge is 0.141 e. The van der Waals surface area contributed by atoms with Crippen LogP contribution in [0, 0.1) is 5.82 Å². The quantitative estimate of drug-likeness (QED) is 0.727. The van der Waals surface area contributed by atoms with Gasteiger partial charge in [0.2, 0.25) is 0 Å². The summed E-state index contributed by atoms with van der Waals surface area (Å²) in [5.41, 5.74) is 2.86. The van der Waals surface area contributed by atoms with Crippen molar-refractivity contribution in [1.82, 2.24) is 15.0 Å². The summed E-state index contributed by atoms with van der Waals surface area (Å²) >= 11 is 0. The normalized spacial score (nSPS) is 11.0. The average Bonchev–Trinajstić information content (AvgIpc) is 3.06. The average molecular weight is 241 g/mol. The van der Waals surface area contributed by atoms with E-state index in [1.807, 2.05) is 36.7 Å². The first-order valence-corrected chi connectivity index (χ1v) is 5.72. The predicted molar refractivity (Wildman–Crippen MR) is 66.7 cm³/mol. The molecular weight excluding hydrogens is 229 g/mol. The van der Waals surface area contributed by atoms with Crippen molar-refractivity contribution in [2.24, 2.45) is 0 Å². The molecule has 90 valence electrons. The molecule has 4 heteroatoms. The highest BCUT2D eigenvalue weighted by atomic mass is 19.1. The van der Waals surface area contributed by atoms with Crippen molar-refractivity contribution >= 4 is 0 Å². The summed E-state index contributed by atoms with van der Waals surface area (Å²) in [5, 5.41) is 0. The molecule has 0 unspecified atom stereocenters. The van der Waals surface area contributed by atoms with Gasteiger partial charge in [0.15, 0.2) is 0 Å². The highest BCUT2D eigenvalue weighted by Gasteiger charge is 2.19. The lowest BCUT2D eigenvalue weighted by Crippen LogP contribution is -2.06. The van der Waals surface area contributed by atoms with E-state index in [1.54, 1.807) is 6.07 Å². The zero-order chi connectivity index (χ0) is 12.4. The number of nitrogens with zero attached hydrogens (tertiary/aromatic N) is 1. The minimum absolute atomic E-state index is 0.0319. The van der Waals surface area contributed by atoms with E-state index in [4.69, 9.17) is 0 Å². The van der Waals surface area contributed by atoms with Gasteiger partial charge in [0.05, 0.1) is 17.8 Å². The topological polar surface area (TPSA) is 44.5 Å². The Bertz CT molecular complexity index is 563. The van der Waals surface area contributed by atoms with Gasteiger partial charge < -0.3 is 9.97 Å². The third-order valence-corrected chi connectivity index (χ3v) is 2.91. The zero-order valence-corrected chi connectivity index (χ0v) is 9.60. The molecule has 3 aromatic rings. The van der Waals surface area contributed by atoms with Gasteiger partial charge in [-0.25, -0.2) is 4.39 Å². The van der Waals surface area contributed by atoms with Crippen LogP contribution in [0.25, 0.3) is 0 Å². The van der Waals surface area contributed by atoms with Crippen LogP contribution in [0.15, 0.2) is 55.0 Å². The van der Waals surface area contributed by atoms with Crippen LogP contribution in [0.3, 0.4) is 0 Å². The fraction of sp³-hybridized carbons (Fsp3) is 0.0714. The Kier molecular flexibility index (Phi) is 2.68. The highest BCUT2D eigenvalue weighted by molar-refractivity contribution is 5.34. The van der Waals surface area contributed by atoms with Crippen molar-refractivity contribution in [2.75, 3.05) is 0 Å². The number of nitrogens with one attached hydrogen (secondary N) is 2. The summed E-state index contributed by atoms with van der Waals surface area (Å²) in [6.07, 6.45) is 4.98. The third-order valence-electron chi connectivity index (χ3n) is 2.91. The van der Waals surface area contributed by atoms with Gasteiger partial charge >= 0.3 is 0 Å². The van der Waals surface area contributed by atoms with Crippen LogP contribution in [0.4, 0.5) is 4.39 Å². The number of hydrogen-bond donors (Lipinski definition) is 2. The summed E-state index contributed by atoms with van der Waals surface area (Å²) in [5.74, 6) is -0.355. The molecule has 2 N–H and O–H groups in total. The Labute approximate surface area is 104 Å². The van der Waals surface area contributed by atoms with Gasteiger partial charge in [-0.15, -0.1) is 0 Å². The van der Waals surface area contributed by atoms with Gasteiger partial charge in [0, 0.05) is 23.8 Å². The molecule has 0 fully saturated rings. The van der Waals surface area contributed by atoms with E-state index >= 15 is 0 Å². The predicted octanol–water partition coefficient (Wildman–Crippen LogP) is 3.06. The van der Waals surface area contributed by atoms with Crippen LogP contribution in [0.5, 0.6) is 0 Å². The van der Waals surface area contributed by atoms with Crippen molar-refractivity contribution in [3.63, 3.8) is 0 Å². The molecule has 0 bridgehead atoms. The molecule has 0 amide bonds. The maximum absolute atomic E-state index is 13.0. The second kappa shape index (κ2) is 4.49. The Morgan fingerprint density at radius 1 is 0.944 bits per heavy atom. The Balaban J connectivity index is 2.08. The van der Waals surface area contributed by atoms with Gasteiger partial charge in [-0.2, -0.15) is 0 Å².